The second-order valence-corrected chi connectivity index (χ2v) is 3.05. The fourth-order valence-corrected chi connectivity index (χ4v) is 2.02. The van der Waals surface area contributed by atoms with Crippen LogP contribution in [0.5, 0.6) is 0 Å². The van der Waals surface area contributed by atoms with Crippen LogP contribution >= 0.6 is 0 Å². The third-order valence-corrected chi connectivity index (χ3v) is 2.58. The molecule has 2 unspecified atom stereocenters. The van der Waals surface area contributed by atoms with E-state index in [-0.39, 0.29) is 0 Å². The topological polar surface area (TPSA) is 3.01 Å². The Morgan fingerprint density at radius 3 is 2.22 bits per heavy atom. The third kappa shape index (κ3) is 0.673. The summed E-state index contributed by atoms with van der Waals surface area (Å²) in [6, 6.07) is 1.80. The third-order valence-electron chi connectivity index (χ3n) is 2.58. The Hall–Kier alpha value is -0.460. The molecule has 0 amide bonds. The van der Waals surface area contributed by atoms with Gasteiger partial charge < -0.3 is 4.90 Å². The largest absolute Gasteiger partial charge is 0.368 e. The minimum Gasteiger partial charge on any atom is -0.368 e. The predicted octanol–water partition coefficient (Wildman–Crippen LogP) is 1.76. The lowest BCUT2D eigenvalue weighted by Crippen LogP contribution is -2.00. The standard InChI is InChI=1S/C8H13N/c1-2-9-7-5-3-4-6-8(7)9/h2,7-8H,1,3-6H2. The minimum absolute atomic E-state index is 0.899. The lowest BCUT2D eigenvalue weighted by atomic mass is 10.0. The van der Waals surface area contributed by atoms with E-state index < -0.39 is 0 Å². The molecule has 2 atom stereocenters. The lowest BCUT2D eigenvalue weighted by molar-refractivity contribution is 0.571. The van der Waals surface area contributed by atoms with Crippen molar-refractivity contribution in [3.8, 4) is 0 Å². The van der Waals surface area contributed by atoms with Crippen molar-refractivity contribution >= 4 is 0 Å². The van der Waals surface area contributed by atoms with Gasteiger partial charge in [-0.05, 0) is 19.0 Å². The highest BCUT2D eigenvalue weighted by molar-refractivity contribution is 5.08. The van der Waals surface area contributed by atoms with Gasteiger partial charge in [0.1, 0.15) is 0 Å². The summed E-state index contributed by atoms with van der Waals surface area (Å²) in [7, 11) is 0. The molecular formula is C8H13N. The van der Waals surface area contributed by atoms with E-state index >= 15 is 0 Å². The van der Waals surface area contributed by atoms with Crippen molar-refractivity contribution in [1.82, 2.24) is 4.90 Å². The van der Waals surface area contributed by atoms with E-state index in [1.165, 1.54) is 25.7 Å². The van der Waals surface area contributed by atoms with Crippen LogP contribution < -0.4 is 0 Å². The molecule has 1 saturated carbocycles. The fraction of sp³-hybridized carbons (Fsp3) is 0.750. The summed E-state index contributed by atoms with van der Waals surface area (Å²) in [6.07, 6.45) is 7.70. The van der Waals surface area contributed by atoms with Crippen molar-refractivity contribution in [3.05, 3.63) is 12.8 Å². The van der Waals surface area contributed by atoms with Crippen LogP contribution in [0.4, 0.5) is 0 Å². The molecule has 0 aromatic carbocycles. The summed E-state index contributed by atoms with van der Waals surface area (Å²) in [5, 5.41) is 0. The molecule has 9 heavy (non-hydrogen) atoms. The first-order valence-electron chi connectivity index (χ1n) is 3.83. The maximum Gasteiger partial charge on any atom is 0.0491 e. The molecule has 1 saturated heterocycles. The van der Waals surface area contributed by atoms with Crippen molar-refractivity contribution in [1.29, 1.82) is 0 Å². The van der Waals surface area contributed by atoms with Crippen LogP contribution in [-0.2, 0) is 0 Å². The molecule has 0 bridgehead atoms. The van der Waals surface area contributed by atoms with Crippen LogP contribution in [0.25, 0.3) is 0 Å². The van der Waals surface area contributed by atoms with E-state index in [1.807, 2.05) is 6.20 Å². The SMILES string of the molecule is C=CN1C2CCCCC21. The molecular weight excluding hydrogens is 110 g/mol. The van der Waals surface area contributed by atoms with E-state index in [4.69, 9.17) is 0 Å². The second-order valence-electron chi connectivity index (χ2n) is 3.05. The number of nitrogens with zero attached hydrogens (tertiary/aromatic N) is 1. The Balaban J connectivity index is 1.98. The molecule has 0 spiro atoms. The number of hydrogen-bond donors (Lipinski definition) is 0. The first kappa shape index (κ1) is 5.33. The summed E-state index contributed by atoms with van der Waals surface area (Å²) < 4.78 is 0. The highest BCUT2D eigenvalue weighted by Crippen LogP contribution is 2.40. The molecule has 0 aromatic rings. The first-order chi connectivity index (χ1) is 4.43. The minimum atomic E-state index is 0.899. The van der Waals surface area contributed by atoms with Crippen molar-refractivity contribution in [2.24, 2.45) is 0 Å². The van der Waals surface area contributed by atoms with Crippen molar-refractivity contribution in [2.45, 2.75) is 37.8 Å². The van der Waals surface area contributed by atoms with Gasteiger partial charge in [0.15, 0.2) is 0 Å². The van der Waals surface area contributed by atoms with Crippen molar-refractivity contribution < 1.29 is 0 Å². The van der Waals surface area contributed by atoms with E-state index in [9.17, 15) is 0 Å². The van der Waals surface area contributed by atoms with E-state index in [0.717, 1.165) is 12.1 Å². The van der Waals surface area contributed by atoms with Gasteiger partial charge in [0.25, 0.3) is 0 Å². The van der Waals surface area contributed by atoms with Crippen LogP contribution in [0.2, 0.25) is 0 Å². The smallest absolute Gasteiger partial charge is 0.0491 e. The normalized spacial score (nSPS) is 39.8. The number of rotatable bonds is 1. The van der Waals surface area contributed by atoms with Gasteiger partial charge in [-0.25, -0.2) is 0 Å². The lowest BCUT2D eigenvalue weighted by Gasteiger charge is -2.01. The van der Waals surface area contributed by atoms with Gasteiger partial charge in [0, 0.05) is 12.1 Å². The number of hydrogen-bond acceptors (Lipinski definition) is 1. The highest BCUT2D eigenvalue weighted by atomic mass is 15.3. The van der Waals surface area contributed by atoms with Crippen LogP contribution in [0.3, 0.4) is 0 Å². The van der Waals surface area contributed by atoms with Gasteiger partial charge in [-0.2, -0.15) is 0 Å². The number of likely N-dealkylation sites (tertiary alicyclic amines) is 1. The molecule has 0 N–H and O–H groups in total. The van der Waals surface area contributed by atoms with Gasteiger partial charge in [-0.3, -0.25) is 0 Å². The molecule has 2 rings (SSSR count). The molecule has 1 nitrogen and oxygen atoms in total. The number of fused-ring (bicyclic) bond motifs is 1. The monoisotopic (exact) mass is 123 g/mol. The summed E-state index contributed by atoms with van der Waals surface area (Å²) in [6.45, 7) is 3.77. The Labute approximate surface area is 56.4 Å². The summed E-state index contributed by atoms with van der Waals surface area (Å²) in [4.78, 5) is 2.40. The quantitative estimate of drug-likeness (QED) is 0.480. The Bertz CT molecular complexity index is 119. The maximum absolute atomic E-state index is 3.77. The zero-order valence-electron chi connectivity index (χ0n) is 5.71. The molecule has 1 aliphatic carbocycles. The Kier molecular flexibility index (Phi) is 1.04. The maximum atomic E-state index is 3.77. The Morgan fingerprint density at radius 2 is 1.78 bits per heavy atom. The van der Waals surface area contributed by atoms with Crippen LogP contribution in [-0.4, -0.2) is 17.0 Å². The predicted molar refractivity (Wildman–Crippen MR) is 38.1 cm³/mol. The Morgan fingerprint density at radius 1 is 1.22 bits per heavy atom. The zero-order valence-corrected chi connectivity index (χ0v) is 5.71. The molecule has 1 heterocycles. The first-order valence-corrected chi connectivity index (χ1v) is 3.83. The molecule has 0 aromatic heterocycles. The van der Waals surface area contributed by atoms with Gasteiger partial charge in [0.05, 0.1) is 0 Å². The van der Waals surface area contributed by atoms with Crippen LogP contribution in [0, 0.1) is 0 Å². The van der Waals surface area contributed by atoms with Crippen molar-refractivity contribution in [3.63, 3.8) is 0 Å². The average molecular weight is 123 g/mol. The average Bonchev–Trinajstić information content (AvgIpc) is 2.60. The molecule has 2 aliphatic rings. The highest BCUT2D eigenvalue weighted by Gasteiger charge is 2.45. The van der Waals surface area contributed by atoms with Gasteiger partial charge in [-0.15, -0.1) is 0 Å². The molecule has 2 fully saturated rings. The van der Waals surface area contributed by atoms with Crippen molar-refractivity contribution in [2.75, 3.05) is 0 Å². The van der Waals surface area contributed by atoms with E-state index in [1.54, 1.807) is 0 Å². The van der Waals surface area contributed by atoms with Crippen LogP contribution in [0.1, 0.15) is 25.7 Å². The summed E-state index contributed by atoms with van der Waals surface area (Å²) in [5.41, 5.74) is 0. The molecule has 1 heteroatoms. The second kappa shape index (κ2) is 1.76. The molecule has 1 aliphatic heterocycles. The van der Waals surface area contributed by atoms with Crippen LogP contribution in [0.15, 0.2) is 12.8 Å². The summed E-state index contributed by atoms with van der Waals surface area (Å²) >= 11 is 0. The van der Waals surface area contributed by atoms with E-state index in [0.29, 0.717) is 0 Å². The van der Waals surface area contributed by atoms with Gasteiger partial charge in [0.2, 0.25) is 0 Å². The van der Waals surface area contributed by atoms with Gasteiger partial charge >= 0.3 is 0 Å². The van der Waals surface area contributed by atoms with Gasteiger partial charge in [-0.1, -0.05) is 19.4 Å². The fourth-order valence-electron chi connectivity index (χ4n) is 2.02. The molecule has 50 valence electrons. The zero-order chi connectivity index (χ0) is 6.27. The van der Waals surface area contributed by atoms with E-state index in [2.05, 4.69) is 11.5 Å². The summed E-state index contributed by atoms with van der Waals surface area (Å²) in [5.74, 6) is 0. The molecule has 0 radical (unpaired) electrons.